The molecule has 1 atom stereocenters. The predicted molar refractivity (Wildman–Crippen MR) is 109 cm³/mol. The number of H-pyrrole nitrogens is 1. The summed E-state index contributed by atoms with van der Waals surface area (Å²) in [5.41, 5.74) is 4.99. The fraction of sp³-hybridized carbons (Fsp3) is 0.174. The lowest BCUT2D eigenvalue weighted by Gasteiger charge is -2.37. The summed E-state index contributed by atoms with van der Waals surface area (Å²) in [6.07, 6.45) is 4.32. The number of carbonyl (C=O) groups excluding carboxylic acids is 1. The number of fused-ring (bicyclic) bond motifs is 2. The molecule has 1 aliphatic heterocycles. The van der Waals surface area contributed by atoms with Gasteiger partial charge >= 0.3 is 0 Å². The van der Waals surface area contributed by atoms with Crippen molar-refractivity contribution in [1.82, 2.24) is 9.88 Å². The first-order chi connectivity index (χ1) is 13.8. The molecule has 2 aromatic heterocycles. The van der Waals surface area contributed by atoms with Crippen molar-refractivity contribution >= 4 is 22.5 Å². The minimum absolute atomic E-state index is 0.00301. The van der Waals surface area contributed by atoms with Gasteiger partial charge in [-0.05, 0) is 36.2 Å². The maximum absolute atomic E-state index is 13.3. The number of hydrogen-bond donors (Lipinski definition) is 2. The maximum Gasteiger partial charge on any atom is 0.258 e. The average molecular weight is 371 g/mol. The van der Waals surface area contributed by atoms with E-state index in [0.29, 0.717) is 12.1 Å². The third-order valence-electron chi connectivity index (χ3n) is 5.44. The van der Waals surface area contributed by atoms with E-state index in [1.54, 1.807) is 6.26 Å². The Balaban J connectivity index is 1.64. The Morgan fingerprint density at radius 2 is 1.96 bits per heavy atom. The minimum Gasteiger partial charge on any atom is -0.467 e. The number of rotatable bonds is 4. The Bertz CT molecular complexity index is 1140. The highest BCUT2D eigenvalue weighted by Gasteiger charge is 2.34. The highest BCUT2D eigenvalue weighted by Crippen LogP contribution is 2.37. The van der Waals surface area contributed by atoms with Crippen molar-refractivity contribution in [2.24, 2.45) is 0 Å². The second kappa shape index (κ2) is 6.60. The number of amides is 1. The van der Waals surface area contributed by atoms with Gasteiger partial charge in [-0.3, -0.25) is 4.79 Å². The maximum atomic E-state index is 13.3. The van der Waals surface area contributed by atoms with E-state index < -0.39 is 0 Å². The fourth-order valence-electron chi connectivity index (χ4n) is 4.03. The first-order valence-electron chi connectivity index (χ1n) is 9.54. The van der Waals surface area contributed by atoms with Gasteiger partial charge in [-0.1, -0.05) is 37.3 Å². The van der Waals surface area contributed by atoms with Crippen molar-refractivity contribution in [3.05, 3.63) is 89.5 Å². The van der Waals surface area contributed by atoms with Crippen molar-refractivity contribution in [1.29, 1.82) is 0 Å². The highest BCUT2D eigenvalue weighted by molar-refractivity contribution is 6.02. The summed E-state index contributed by atoms with van der Waals surface area (Å²) in [5, 5.41) is 4.70. The molecular weight excluding hydrogens is 350 g/mol. The lowest BCUT2D eigenvalue weighted by Crippen LogP contribution is -2.42. The van der Waals surface area contributed by atoms with Crippen LogP contribution in [0.15, 0.2) is 71.5 Å². The average Bonchev–Trinajstić information content (AvgIpc) is 3.39. The van der Waals surface area contributed by atoms with Gasteiger partial charge in [-0.25, -0.2) is 0 Å². The van der Waals surface area contributed by atoms with Gasteiger partial charge in [0.05, 0.1) is 18.4 Å². The lowest BCUT2D eigenvalue weighted by atomic mass is 10.0. The van der Waals surface area contributed by atoms with Crippen LogP contribution in [0, 0.1) is 0 Å². The molecule has 0 spiro atoms. The van der Waals surface area contributed by atoms with Crippen molar-refractivity contribution in [2.45, 2.75) is 26.1 Å². The van der Waals surface area contributed by atoms with Crippen LogP contribution < -0.4 is 5.32 Å². The van der Waals surface area contributed by atoms with Crippen LogP contribution in [0.2, 0.25) is 0 Å². The normalized spacial score (nSPS) is 16.2. The van der Waals surface area contributed by atoms with Gasteiger partial charge in [-0.2, -0.15) is 0 Å². The van der Waals surface area contributed by atoms with E-state index in [4.69, 9.17) is 4.42 Å². The second-order valence-electron chi connectivity index (χ2n) is 7.04. The molecule has 0 aliphatic carbocycles. The van der Waals surface area contributed by atoms with E-state index >= 15 is 0 Å². The summed E-state index contributed by atoms with van der Waals surface area (Å²) < 4.78 is 5.53. The van der Waals surface area contributed by atoms with Crippen LogP contribution in [0.25, 0.3) is 10.9 Å². The monoisotopic (exact) mass is 371 g/mol. The third kappa shape index (κ3) is 2.59. The van der Waals surface area contributed by atoms with E-state index in [1.807, 2.05) is 47.5 Å². The summed E-state index contributed by atoms with van der Waals surface area (Å²) >= 11 is 0. The molecule has 2 aromatic carbocycles. The number of nitrogens with zero attached hydrogens (tertiary/aromatic N) is 1. The van der Waals surface area contributed by atoms with E-state index in [9.17, 15) is 4.79 Å². The topological polar surface area (TPSA) is 61.3 Å². The molecule has 1 amide bonds. The summed E-state index contributed by atoms with van der Waals surface area (Å²) in [4.78, 5) is 18.6. The van der Waals surface area contributed by atoms with Crippen LogP contribution in [-0.4, -0.2) is 15.8 Å². The third-order valence-corrected chi connectivity index (χ3v) is 5.44. The zero-order valence-corrected chi connectivity index (χ0v) is 15.6. The Morgan fingerprint density at radius 3 is 2.79 bits per heavy atom. The molecule has 0 saturated heterocycles. The minimum atomic E-state index is -0.284. The van der Waals surface area contributed by atoms with Crippen LogP contribution in [0.4, 0.5) is 5.69 Å². The van der Waals surface area contributed by atoms with Crippen molar-refractivity contribution in [2.75, 3.05) is 5.32 Å². The van der Waals surface area contributed by atoms with Gasteiger partial charge in [0, 0.05) is 28.4 Å². The zero-order chi connectivity index (χ0) is 19.1. The number of aromatic nitrogens is 1. The van der Waals surface area contributed by atoms with Gasteiger partial charge in [0.2, 0.25) is 0 Å². The number of aromatic amines is 1. The summed E-state index contributed by atoms with van der Waals surface area (Å²) in [7, 11) is 0. The van der Waals surface area contributed by atoms with Crippen LogP contribution in [0.3, 0.4) is 0 Å². The SMILES string of the molecule is CCc1cccc2c([C@H]3Nc4ccccc4C(=O)N3Cc3ccco3)c[nH]c12. The number of nitrogens with one attached hydrogen (secondary N) is 2. The standard InChI is InChI=1S/C23H21N3O2/c1-2-15-7-5-10-17-19(13-24-21(15)17)22-25-20-11-4-3-9-18(20)23(27)26(22)14-16-8-6-12-28-16/h3-13,22,24-25H,2,14H2,1H3/t22-/m0/s1. The number of benzene rings is 2. The molecule has 0 saturated carbocycles. The smallest absolute Gasteiger partial charge is 0.258 e. The fourth-order valence-corrected chi connectivity index (χ4v) is 4.03. The number of aryl methyl sites for hydroxylation is 1. The van der Waals surface area contributed by atoms with Gasteiger partial charge in [0.1, 0.15) is 11.9 Å². The first kappa shape index (κ1) is 16.7. The molecule has 5 nitrogen and oxygen atoms in total. The molecule has 2 N–H and O–H groups in total. The molecule has 0 radical (unpaired) electrons. The summed E-state index contributed by atoms with van der Waals surface area (Å²) in [5.74, 6) is 0.755. The Hall–Kier alpha value is -3.47. The zero-order valence-electron chi connectivity index (χ0n) is 15.6. The number of anilines is 1. The Labute approximate surface area is 163 Å². The number of carbonyl (C=O) groups is 1. The Morgan fingerprint density at radius 1 is 1.07 bits per heavy atom. The first-order valence-corrected chi connectivity index (χ1v) is 9.54. The van der Waals surface area contributed by atoms with Crippen LogP contribution in [-0.2, 0) is 13.0 Å². The molecular formula is C23H21N3O2. The lowest BCUT2D eigenvalue weighted by molar-refractivity contribution is 0.0653. The van der Waals surface area contributed by atoms with Gasteiger partial charge in [0.15, 0.2) is 0 Å². The van der Waals surface area contributed by atoms with Gasteiger partial charge in [-0.15, -0.1) is 0 Å². The molecule has 5 heteroatoms. The van der Waals surface area contributed by atoms with Crippen molar-refractivity contribution < 1.29 is 9.21 Å². The molecule has 4 aromatic rings. The van der Waals surface area contributed by atoms with Crippen LogP contribution in [0.5, 0.6) is 0 Å². The van der Waals surface area contributed by atoms with E-state index in [1.165, 1.54) is 5.56 Å². The quantitative estimate of drug-likeness (QED) is 0.525. The molecule has 28 heavy (non-hydrogen) atoms. The second-order valence-corrected chi connectivity index (χ2v) is 7.04. The Kier molecular flexibility index (Phi) is 3.93. The van der Waals surface area contributed by atoms with E-state index in [0.717, 1.165) is 34.3 Å². The molecule has 140 valence electrons. The number of hydrogen-bond acceptors (Lipinski definition) is 3. The molecule has 0 bridgehead atoms. The molecule has 0 unspecified atom stereocenters. The molecule has 1 aliphatic rings. The summed E-state index contributed by atoms with van der Waals surface area (Å²) in [6, 6.07) is 17.7. The summed E-state index contributed by atoms with van der Waals surface area (Å²) in [6.45, 7) is 2.55. The van der Waals surface area contributed by atoms with Gasteiger partial charge < -0.3 is 19.6 Å². The number of furan rings is 1. The largest absolute Gasteiger partial charge is 0.467 e. The van der Waals surface area contributed by atoms with Crippen LogP contribution in [0.1, 0.15) is 40.3 Å². The highest BCUT2D eigenvalue weighted by atomic mass is 16.3. The van der Waals surface area contributed by atoms with Crippen molar-refractivity contribution in [3.63, 3.8) is 0 Å². The molecule has 0 fully saturated rings. The number of para-hydroxylation sites is 2. The van der Waals surface area contributed by atoms with E-state index in [-0.39, 0.29) is 12.1 Å². The predicted octanol–water partition coefficient (Wildman–Crippen LogP) is 5.09. The van der Waals surface area contributed by atoms with Gasteiger partial charge in [0.25, 0.3) is 5.91 Å². The molecule has 5 rings (SSSR count). The molecule has 3 heterocycles. The van der Waals surface area contributed by atoms with Crippen LogP contribution >= 0.6 is 0 Å². The van der Waals surface area contributed by atoms with Crippen molar-refractivity contribution in [3.8, 4) is 0 Å². The van der Waals surface area contributed by atoms with E-state index in [2.05, 4.69) is 35.4 Å².